The zero-order chi connectivity index (χ0) is 19.7. The maximum Gasteiger partial charge on any atom is 0.297 e. The molecule has 0 saturated carbocycles. The Kier molecular flexibility index (Phi) is 5.05. The molecule has 2 atom stereocenters. The van der Waals surface area contributed by atoms with E-state index in [2.05, 4.69) is 15.9 Å². The molecule has 1 fully saturated rings. The normalized spacial score (nSPS) is 19.3. The molecule has 3 aromatic carbocycles. The number of β-lactam (4-membered cyclic amide) rings is 1. The van der Waals surface area contributed by atoms with E-state index in [4.69, 9.17) is 4.18 Å². The Morgan fingerprint density at radius 2 is 1.39 bits per heavy atom. The molecule has 0 aliphatic carbocycles. The fraction of sp³-hybridized carbons (Fsp3) is 0.0952. The summed E-state index contributed by atoms with van der Waals surface area (Å²) >= 11 is 3.27. The van der Waals surface area contributed by atoms with Gasteiger partial charge in [-0.1, -0.05) is 64.5 Å². The van der Waals surface area contributed by atoms with E-state index in [1.807, 2.05) is 60.7 Å². The van der Waals surface area contributed by atoms with Gasteiger partial charge in [0.1, 0.15) is 0 Å². The van der Waals surface area contributed by atoms with Crippen LogP contribution in [-0.2, 0) is 19.1 Å². The van der Waals surface area contributed by atoms with Crippen molar-refractivity contribution in [1.82, 2.24) is 0 Å². The minimum absolute atomic E-state index is 0.00785. The van der Waals surface area contributed by atoms with Gasteiger partial charge in [0.15, 0.2) is 6.10 Å². The number of rotatable bonds is 5. The fourth-order valence-electron chi connectivity index (χ4n) is 3.20. The Labute approximate surface area is 171 Å². The van der Waals surface area contributed by atoms with Crippen LogP contribution in [0.15, 0.2) is 94.3 Å². The quantitative estimate of drug-likeness (QED) is 0.422. The van der Waals surface area contributed by atoms with Crippen molar-refractivity contribution in [3.05, 3.63) is 95.0 Å². The lowest BCUT2D eigenvalue weighted by molar-refractivity contribution is -0.134. The van der Waals surface area contributed by atoms with Crippen LogP contribution in [0.4, 0.5) is 5.69 Å². The number of amides is 1. The molecule has 2 unspecified atom stereocenters. The van der Waals surface area contributed by atoms with Gasteiger partial charge in [-0.2, -0.15) is 8.42 Å². The third-order valence-electron chi connectivity index (χ3n) is 4.55. The second kappa shape index (κ2) is 7.50. The van der Waals surface area contributed by atoms with Gasteiger partial charge in [0.25, 0.3) is 16.0 Å². The number of hydrogen-bond acceptors (Lipinski definition) is 4. The van der Waals surface area contributed by atoms with E-state index in [-0.39, 0.29) is 10.8 Å². The van der Waals surface area contributed by atoms with Gasteiger partial charge in [-0.05, 0) is 42.0 Å². The second-order valence-electron chi connectivity index (χ2n) is 6.32. The molecule has 1 amide bonds. The summed E-state index contributed by atoms with van der Waals surface area (Å²) in [7, 11) is -4.08. The zero-order valence-electron chi connectivity index (χ0n) is 14.6. The van der Waals surface area contributed by atoms with E-state index in [1.54, 1.807) is 17.0 Å². The van der Waals surface area contributed by atoms with E-state index in [0.717, 1.165) is 10.0 Å². The van der Waals surface area contributed by atoms with Crippen molar-refractivity contribution in [2.75, 3.05) is 4.90 Å². The van der Waals surface area contributed by atoms with Crippen LogP contribution in [0.5, 0.6) is 0 Å². The van der Waals surface area contributed by atoms with Gasteiger partial charge >= 0.3 is 0 Å². The van der Waals surface area contributed by atoms with Crippen molar-refractivity contribution in [3.63, 3.8) is 0 Å². The first kappa shape index (κ1) is 18.9. The van der Waals surface area contributed by atoms with Crippen LogP contribution in [0.25, 0.3) is 0 Å². The minimum Gasteiger partial charge on any atom is -0.299 e. The SMILES string of the molecule is O=C1C(OS(=O)(=O)c2ccc(Br)cc2)C(c2ccccc2)N1c1ccccc1. The maximum atomic E-state index is 12.8. The molecule has 28 heavy (non-hydrogen) atoms. The van der Waals surface area contributed by atoms with Crippen LogP contribution >= 0.6 is 15.9 Å². The molecule has 1 aliphatic rings. The van der Waals surface area contributed by atoms with Crippen molar-refractivity contribution in [2.24, 2.45) is 0 Å². The number of nitrogens with zero attached hydrogens (tertiary/aromatic N) is 1. The Morgan fingerprint density at radius 1 is 0.821 bits per heavy atom. The summed E-state index contributed by atoms with van der Waals surface area (Å²) in [5.74, 6) is -0.388. The highest BCUT2D eigenvalue weighted by Gasteiger charge is 2.52. The van der Waals surface area contributed by atoms with Gasteiger partial charge in [0, 0.05) is 10.2 Å². The van der Waals surface area contributed by atoms with Gasteiger partial charge in [-0.3, -0.25) is 13.9 Å². The average Bonchev–Trinajstić information content (AvgIpc) is 2.71. The Morgan fingerprint density at radius 3 is 2.00 bits per heavy atom. The number of hydrogen-bond donors (Lipinski definition) is 0. The van der Waals surface area contributed by atoms with Crippen LogP contribution in [-0.4, -0.2) is 20.4 Å². The number of para-hydroxylation sites is 1. The topological polar surface area (TPSA) is 63.7 Å². The zero-order valence-corrected chi connectivity index (χ0v) is 17.0. The van der Waals surface area contributed by atoms with Crippen molar-refractivity contribution in [2.45, 2.75) is 17.0 Å². The summed E-state index contributed by atoms with van der Waals surface area (Å²) in [6, 6.07) is 24.0. The smallest absolute Gasteiger partial charge is 0.297 e. The summed E-state index contributed by atoms with van der Waals surface area (Å²) in [5.41, 5.74) is 1.50. The van der Waals surface area contributed by atoms with Crippen molar-refractivity contribution in [3.8, 4) is 0 Å². The van der Waals surface area contributed by atoms with Crippen molar-refractivity contribution >= 4 is 37.6 Å². The van der Waals surface area contributed by atoms with Crippen LogP contribution in [0.3, 0.4) is 0 Å². The lowest BCUT2D eigenvalue weighted by Gasteiger charge is -2.46. The monoisotopic (exact) mass is 457 g/mol. The highest BCUT2D eigenvalue weighted by atomic mass is 79.9. The average molecular weight is 458 g/mol. The molecular formula is C21H16BrNO4S. The Hall–Kier alpha value is -2.48. The first-order valence-electron chi connectivity index (χ1n) is 8.59. The van der Waals surface area contributed by atoms with Crippen LogP contribution in [0.2, 0.25) is 0 Å². The molecule has 1 aliphatic heterocycles. The third kappa shape index (κ3) is 3.48. The molecule has 1 saturated heterocycles. The summed E-state index contributed by atoms with van der Waals surface area (Å²) in [6.45, 7) is 0. The van der Waals surface area contributed by atoms with Crippen LogP contribution < -0.4 is 4.90 Å². The molecule has 7 heteroatoms. The van der Waals surface area contributed by atoms with E-state index >= 15 is 0 Å². The van der Waals surface area contributed by atoms with Gasteiger partial charge in [0.05, 0.1) is 10.9 Å². The lowest BCUT2D eigenvalue weighted by Crippen LogP contribution is -2.60. The molecule has 142 valence electrons. The molecule has 0 radical (unpaired) electrons. The molecule has 4 rings (SSSR count). The Bertz CT molecular complexity index is 1090. The summed E-state index contributed by atoms with van der Waals surface area (Å²) in [5, 5.41) is 0. The largest absolute Gasteiger partial charge is 0.299 e. The summed E-state index contributed by atoms with van der Waals surface area (Å²) in [4.78, 5) is 14.4. The van der Waals surface area contributed by atoms with E-state index in [1.165, 1.54) is 12.1 Å². The molecule has 0 N–H and O–H groups in total. The van der Waals surface area contributed by atoms with Gasteiger partial charge < -0.3 is 0 Å². The summed E-state index contributed by atoms with van der Waals surface area (Å²) in [6.07, 6.45) is -1.11. The molecule has 0 bridgehead atoms. The predicted molar refractivity (Wildman–Crippen MR) is 109 cm³/mol. The van der Waals surface area contributed by atoms with Crippen molar-refractivity contribution in [1.29, 1.82) is 0 Å². The van der Waals surface area contributed by atoms with Crippen LogP contribution in [0.1, 0.15) is 11.6 Å². The molecule has 0 aromatic heterocycles. The first-order valence-corrected chi connectivity index (χ1v) is 10.8. The van der Waals surface area contributed by atoms with E-state index in [0.29, 0.717) is 5.69 Å². The lowest BCUT2D eigenvalue weighted by atomic mass is 9.90. The van der Waals surface area contributed by atoms with Gasteiger partial charge in [-0.15, -0.1) is 0 Å². The molecule has 3 aromatic rings. The standard InChI is InChI=1S/C21H16BrNO4S/c22-16-11-13-18(14-12-16)28(25,26)27-20-19(15-7-3-1-4-8-15)23(21(20)24)17-9-5-2-6-10-17/h1-14,19-20H. The minimum atomic E-state index is -4.08. The third-order valence-corrected chi connectivity index (χ3v) is 6.39. The van der Waals surface area contributed by atoms with E-state index in [9.17, 15) is 13.2 Å². The van der Waals surface area contributed by atoms with Crippen molar-refractivity contribution < 1.29 is 17.4 Å². The summed E-state index contributed by atoms with van der Waals surface area (Å²) < 4.78 is 31.6. The van der Waals surface area contributed by atoms with E-state index < -0.39 is 22.3 Å². The number of carbonyl (C=O) groups is 1. The Balaban J connectivity index is 1.68. The predicted octanol–water partition coefficient (Wildman–Crippen LogP) is 4.31. The van der Waals surface area contributed by atoms with Crippen LogP contribution in [0, 0.1) is 0 Å². The molecule has 5 nitrogen and oxygen atoms in total. The second-order valence-corrected chi connectivity index (χ2v) is 8.81. The number of carbonyl (C=O) groups excluding carboxylic acids is 1. The highest BCUT2D eigenvalue weighted by Crippen LogP contribution is 2.42. The van der Waals surface area contributed by atoms with Gasteiger partial charge in [0.2, 0.25) is 0 Å². The number of benzene rings is 3. The molecular weight excluding hydrogens is 442 g/mol. The number of anilines is 1. The number of halogens is 1. The molecule has 0 spiro atoms. The molecule has 1 heterocycles. The first-order chi connectivity index (χ1) is 13.5. The fourth-order valence-corrected chi connectivity index (χ4v) is 4.51. The van der Waals surface area contributed by atoms with Gasteiger partial charge in [-0.25, -0.2) is 0 Å². The highest BCUT2D eigenvalue weighted by molar-refractivity contribution is 9.10. The maximum absolute atomic E-state index is 12.8.